The number of hydrogen-bond acceptors (Lipinski definition) is 4. The first kappa shape index (κ1) is 15.6. The Morgan fingerprint density at radius 3 is 2.75 bits per heavy atom. The van der Waals surface area contributed by atoms with Gasteiger partial charge in [-0.25, -0.2) is 4.98 Å². The predicted octanol–water partition coefficient (Wildman–Crippen LogP) is 4.95. The summed E-state index contributed by atoms with van der Waals surface area (Å²) in [6.07, 6.45) is 2.56. The lowest BCUT2D eigenvalue weighted by Crippen LogP contribution is -2.06. The SMILES string of the molecule is CCCNc1ncc(Cl)c(Nc2ccc(I)cc2Cl)n1. The van der Waals surface area contributed by atoms with Crippen molar-refractivity contribution >= 4 is 63.2 Å². The Kier molecular flexibility index (Phi) is 5.68. The van der Waals surface area contributed by atoms with Crippen LogP contribution in [0.4, 0.5) is 17.5 Å². The molecule has 2 aromatic rings. The van der Waals surface area contributed by atoms with Crippen LogP contribution in [0.1, 0.15) is 13.3 Å². The van der Waals surface area contributed by atoms with E-state index >= 15 is 0 Å². The summed E-state index contributed by atoms with van der Waals surface area (Å²) in [7, 11) is 0. The maximum atomic E-state index is 6.19. The number of nitrogens with one attached hydrogen (secondary N) is 2. The quantitative estimate of drug-likeness (QED) is 0.669. The number of anilines is 3. The summed E-state index contributed by atoms with van der Waals surface area (Å²) < 4.78 is 1.07. The summed E-state index contributed by atoms with van der Waals surface area (Å²) >= 11 is 14.5. The lowest BCUT2D eigenvalue weighted by Gasteiger charge is -2.11. The van der Waals surface area contributed by atoms with Gasteiger partial charge in [-0.05, 0) is 47.2 Å². The summed E-state index contributed by atoms with van der Waals surface area (Å²) in [6, 6.07) is 5.72. The van der Waals surface area contributed by atoms with Gasteiger partial charge >= 0.3 is 0 Å². The van der Waals surface area contributed by atoms with Crippen LogP contribution in [0.3, 0.4) is 0 Å². The number of rotatable bonds is 5. The maximum Gasteiger partial charge on any atom is 0.224 e. The first-order chi connectivity index (χ1) is 9.60. The zero-order valence-electron chi connectivity index (χ0n) is 10.8. The van der Waals surface area contributed by atoms with Crippen molar-refractivity contribution in [3.63, 3.8) is 0 Å². The lowest BCUT2D eigenvalue weighted by molar-refractivity contribution is 0.953. The van der Waals surface area contributed by atoms with E-state index in [9.17, 15) is 0 Å². The van der Waals surface area contributed by atoms with Crippen molar-refractivity contribution in [1.29, 1.82) is 0 Å². The van der Waals surface area contributed by atoms with Gasteiger partial charge in [-0.2, -0.15) is 4.98 Å². The first-order valence-corrected chi connectivity index (χ1v) is 7.92. The molecular weight excluding hydrogens is 410 g/mol. The molecule has 0 amide bonds. The zero-order chi connectivity index (χ0) is 14.5. The third-order valence-electron chi connectivity index (χ3n) is 2.46. The Morgan fingerprint density at radius 1 is 1.25 bits per heavy atom. The molecule has 2 N–H and O–H groups in total. The van der Waals surface area contributed by atoms with Crippen molar-refractivity contribution < 1.29 is 0 Å². The molecule has 0 aliphatic heterocycles. The van der Waals surface area contributed by atoms with Gasteiger partial charge in [-0.15, -0.1) is 0 Å². The second kappa shape index (κ2) is 7.28. The minimum absolute atomic E-state index is 0.446. The highest BCUT2D eigenvalue weighted by Gasteiger charge is 2.08. The molecule has 0 atom stereocenters. The third-order valence-corrected chi connectivity index (χ3v) is 3.72. The molecule has 0 aliphatic rings. The number of halogens is 3. The Balaban J connectivity index is 2.23. The zero-order valence-corrected chi connectivity index (χ0v) is 14.4. The molecule has 1 aromatic carbocycles. The number of nitrogens with zero attached hydrogens (tertiary/aromatic N) is 2. The lowest BCUT2D eigenvalue weighted by atomic mass is 10.3. The van der Waals surface area contributed by atoms with Crippen molar-refractivity contribution in [2.24, 2.45) is 0 Å². The molecule has 0 radical (unpaired) electrons. The van der Waals surface area contributed by atoms with Crippen LogP contribution in [0.2, 0.25) is 10.0 Å². The van der Waals surface area contributed by atoms with E-state index in [1.54, 1.807) is 6.20 Å². The largest absolute Gasteiger partial charge is 0.354 e. The molecule has 2 rings (SSSR count). The monoisotopic (exact) mass is 422 g/mol. The van der Waals surface area contributed by atoms with Crippen molar-refractivity contribution in [1.82, 2.24) is 9.97 Å². The first-order valence-electron chi connectivity index (χ1n) is 6.08. The molecule has 1 heterocycles. The minimum atomic E-state index is 0.446. The molecular formula is C13H13Cl2IN4. The molecule has 0 bridgehead atoms. The summed E-state index contributed by atoms with van der Waals surface area (Å²) in [6.45, 7) is 2.89. The van der Waals surface area contributed by atoms with E-state index in [1.807, 2.05) is 18.2 Å². The molecule has 0 unspecified atom stereocenters. The van der Waals surface area contributed by atoms with Crippen molar-refractivity contribution in [3.05, 3.63) is 38.0 Å². The second-order valence-electron chi connectivity index (χ2n) is 4.07. The average Bonchev–Trinajstić information content (AvgIpc) is 2.42. The minimum Gasteiger partial charge on any atom is -0.354 e. The van der Waals surface area contributed by atoms with Crippen LogP contribution in [0, 0.1) is 3.57 Å². The fourth-order valence-electron chi connectivity index (χ4n) is 1.50. The van der Waals surface area contributed by atoms with Gasteiger partial charge in [0.1, 0.15) is 5.02 Å². The standard InChI is InChI=1S/C13H13Cl2IN4/c1-2-5-17-13-18-7-10(15)12(20-13)19-11-4-3-8(16)6-9(11)14/h3-4,6-7H,2,5H2,1H3,(H2,17,18,19,20). The van der Waals surface area contributed by atoms with E-state index in [-0.39, 0.29) is 0 Å². The molecule has 20 heavy (non-hydrogen) atoms. The molecule has 0 saturated carbocycles. The number of benzene rings is 1. The van der Waals surface area contributed by atoms with Crippen LogP contribution in [0.15, 0.2) is 24.4 Å². The van der Waals surface area contributed by atoms with E-state index in [0.29, 0.717) is 21.8 Å². The molecule has 0 fully saturated rings. The molecule has 0 spiro atoms. The molecule has 1 aromatic heterocycles. The average molecular weight is 423 g/mol. The summed E-state index contributed by atoms with van der Waals surface area (Å²) in [5, 5.41) is 7.31. The third kappa shape index (κ3) is 4.10. The summed E-state index contributed by atoms with van der Waals surface area (Å²) in [4.78, 5) is 8.47. The highest BCUT2D eigenvalue weighted by molar-refractivity contribution is 14.1. The molecule has 0 saturated heterocycles. The van der Waals surface area contributed by atoms with E-state index in [0.717, 1.165) is 22.2 Å². The highest BCUT2D eigenvalue weighted by Crippen LogP contribution is 2.29. The van der Waals surface area contributed by atoms with Crippen molar-refractivity contribution in [2.45, 2.75) is 13.3 Å². The number of aromatic nitrogens is 2. The van der Waals surface area contributed by atoms with Gasteiger partial charge in [-0.1, -0.05) is 30.1 Å². The maximum absolute atomic E-state index is 6.19. The molecule has 7 heteroatoms. The van der Waals surface area contributed by atoms with Crippen LogP contribution in [-0.4, -0.2) is 16.5 Å². The summed E-state index contributed by atoms with van der Waals surface area (Å²) in [5.41, 5.74) is 0.758. The second-order valence-corrected chi connectivity index (χ2v) is 6.13. The van der Waals surface area contributed by atoms with E-state index < -0.39 is 0 Å². The fourth-order valence-corrected chi connectivity index (χ4v) is 2.54. The smallest absolute Gasteiger partial charge is 0.224 e. The Labute approximate surface area is 141 Å². The Bertz CT molecular complexity index is 607. The summed E-state index contributed by atoms with van der Waals surface area (Å²) in [5.74, 6) is 1.07. The molecule has 4 nitrogen and oxygen atoms in total. The van der Waals surface area contributed by atoms with E-state index in [2.05, 4.69) is 50.1 Å². The van der Waals surface area contributed by atoms with Crippen molar-refractivity contribution in [2.75, 3.05) is 17.2 Å². The van der Waals surface area contributed by atoms with E-state index in [1.165, 1.54) is 0 Å². The van der Waals surface area contributed by atoms with Gasteiger partial charge in [0.25, 0.3) is 0 Å². The normalized spacial score (nSPS) is 10.4. The molecule has 106 valence electrons. The van der Waals surface area contributed by atoms with Gasteiger partial charge in [0, 0.05) is 10.1 Å². The van der Waals surface area contributed by atoms with Gasteiger partial charge in [-0.3, -0.25) is 0 Å². The van der Waals surface area contributed by atoms with Crippen LogP contribution >= 0.6 is 45.8 Å². The predicted molar refractivity (Wildman–Crippen MR) is 93.3 cm³/mol. The van der Waals surface area contributed by atoms with Gasteiger partial charge in [0.15, 0.2) is 5.82 Å². The van der Waals surface area contributed by atoms with Crippen LogP contribution in [-0.2, 0) is 0 Å². The fraction of sp³-hybridized carbons (Fsp3) is 0.231. The Morgan fingerprint density at radius 2 is 2.05 bits per heavy atom. The van der Waals surface area contributed by atoms with Crippen LogP contribution < -0.4 is 10.6 Å². The van der Waals surface area contributed by atoms with Gasteiger partial charge in [0.05, 0.1) is 16.9 Å². The Hall–Kier alpha value is -0.790. The van der Waals surface area contributed by atoms with Crippen molar-refractivity contribution in [3.8, 4) is 0 Å². The number of hydrogen-bond donors (Lipinski definition) is 2. The van der Waals surface area contributed by atoms with Crippen LogP contribution in [0.5, 0.6) is 0 Å². The van der Waals surface area contributed by atoms with E-state index in [4.69, 9.17) is 23.2 Å². The van der Waals surface area contributed by atoms with Gasteiger partial charge < -0.3 is 10.6 Å². The topological polar surface area (TPSA) is 49.8 Å². The highest BCUT2D eigenvalue weighted by atomic mass is 127. The van der Waals surface area contributed by atoms with Crippen LogP contribution in [0.25, 0.3) is 0 Å². The van der Waals surface area contributed by atoms with Gasteiger partial charge in [0.2, 0.25) is 5.95 Å². The molecule has 0 aliphatic carbocycles.